The second kappa shape index (κ2) is 8.49. The minimum absolute atomic E-state index is 0.0717. The van der Waals surface area contributed by atoms with E-state index in [1.807, 2.05) is 0 Å². The zero-order valence-electron chi connectivity index (χ0n) is 15.7. The third-order valence-corrected chi connectivity index (χ3v) is 5.21. The predicted molar refractivity (Wildman–Crippen MR) is 96.3 cm³/mol. The number of carbonyl (C=O) groups is 2. The van der Waals surface area contributed by atoms with Crippen LogP contribution in [0.4, 0.5) is 5.69 Å². The molecule has 9 heteroatoms. The van der Waals surface area contributed by atoms with E-state index in [0.717, 1.165) is 19.6 Å². The molecule has 1 aromatic carbocycles. The average molecular weight is 389 g/mol. The summed E-state index contributed by atoms with van der Waals surface area (Å²) in [5.41, 5.74) is 0.359. The van der Waals surface area contributed by atoms with Gasteiger partial charge >= 0.3 is 0 Å². The molecule has 2 aliphatic rings. The molecule has 1 saturated heterocycles. The van der Waals surface area contributed by atoms with Crippen LogP contribution in [-0.2, 0) is 14.3 Å². The zero-order chi connectivity index (χ0) is 20.3. The van der Waals surface area contributed by atoms with Crippen molar-refractivity contribution in [3.05, 3.63) is 51.3 Å². The van der Waals surface area contributed by atoms with Gasteiger partial charge in [0, 0.05) is 30.7 Å². The number of amides is 1. The molecular weight excluding hydrogens is 366 g/mol. The topological polar surface area (TPSA) is 117 Å². The van der Waals surface area contributed by atoms with Crippen LogP contribution in [-0.4, -0.2) is 60.9 Å². The van der Waals surface area contributed by atoms with E-state index in [2.05, 4.69) is 0 Å². The summed E-state index contributed by atoms with van der Waals surface area (Å²) in [6.07, 6.45) is 0.684. The molecule has 3 rings (SSSR count). The predicted octanol–water partition coefficient (Wildman–Crippen LogP) is -1.01. The van der Waals surface area contributed by atoms with E-state index >= 15 is 0 Å². The monoisotopic (exact) mass is 389 g/mol. The molecule has 1 atom stereocenters. The van der Waals surface area contributed by atoms with E-state index in [0.29, 0.717) is 31.7 Å². The summed E-state index contributed by atoms with van der Waals surface area (Å²) < 4.78 is 5.33. The first-order valence-corrected chi connectivity index (χ1v) is 9.29. The molecule has 0 aromatic heterocycles. The number of quaternary nitrogens is 1. The molecule has 28 heavy (non-hydrogen) atoms. The fraction of sp³-hybridized carbons (Fsp3) is 0.474. The Morgan fingerprint density at radius 1 is 1.29 bits per heavy atom. The van der Waals surface area contributed by atoms with E-state index in [1.165, 1.54) is 41.0 Å². The van der Waals surface area contributed by atoms with Crippen molar-refractivity contribution in [2.75, 3.05) is 39.4 Å². The molecule has 150 valence electrons. The highest BCUT2D eigenvalue weighted by molar-refractivity contribution is 6.07. The number of ketones is 1. The molecule has 2 aliphatic heterocycles. The van der Waals surface area contributed by atoms with E-state index in [9.17, 15) is 24.8 Å². The van der Waals surface area contributed by atoms with Gasteiger partial charge in [0.25, 0.3) is 5.69 Å². The van der Waals surface area contributed by atoms with Gasteiger partial charge in [-0.3, -0.25) is 19.7 Å². The van der Waals surface area contributed by atoms with Crippen LogP contribution in [0.3, 0.4) is 0 Å². The number of rotatable bonds is 7. The Bertz CT molecular complexity index is 798. The molecule has 9 nitrogen and oxygen atoms in total. The molecule has 0 radical (unpaired) electrons. The first-order chi connectivity index (χ1) is 13.4. The number of morpholine rings is 1. The van der Waals surface area contributed by atoms with Crippen molar-refractivity contribution in [2.24, 2.45) is 0 Å². The van der Waals surface area contributed by atoms with E-state index in [1.54, 1.807) is 0 Å². The van der Waals surface area contributed by atoms with Gasteiger partial charge < -0.3 is 19.6 Å². The van der Waals surface area contributed by atoms with Crippen molar-refractivity contribution < 1.29 is 29.3 Å². The number of nitro benzene ring substituents is 1. The summed E-state index contributed by atoms with van der Waals surface area (Å²) in [7, 11) is 0. The average Bonchev–Trinajstić information content (AvgIpc) is 2.94. The van der Waals surface area contributed by atoms with Gasteiger partial charge in [-0.1, -0.05) is 0 Å². The van der Waals surface area contributed by atoms with Gasteiger partial charge in [-0.2, -0.15) is 0 Å². The van der Waals surface area contributed by atoms with Crippen molar-refractivity contribution in [1.29, 1.82) is 0 Å². The summed E-state index contributed by atoms with van der Waals surface area (Å²) in [5.74, 6) is -1.93. The standard InChI is InChI=1S/C19H23N3O6/c1-13(23)16-17(14-3-5-15(6-4-14)22(26)27)21(19(25)18(16)24)8-2-7-20-9-11-28-12-10-20/h3-6,17,24H,2,7-12H2,1H3. The lowest BCUT2D eigenvalue weighted by Gasteiger charge is -2.29. The van der Waals surface area contributed by atoms with Crippen LogP contribution in [0.25, 0.3) is 0 Å². The van der Waals surface area contributed by atoms with Crippen LogP contribution in [0, 0.1) is 10.1 Å². The van der Waals surface area contributed by atoms with E-state index in [4.69, 9.17) is 4.74 Å². The number of non-ortho nitro benzene ring substituents is 1. The number of carbonyl (C=O) groups excluding carboxylic acids is 2. The SMILES string of the molecule is CC(=O)C1=C([O-])C(=O)N(CCC[NH+]2CCOCC2)C1c1ccc([N+](=O)[O-])cc1. The first-order valence-electron chi connectivity index (χ1n) is 9.29. The van der Waals surface area contributed by atoms with Crippen LogP contribution < -0.4 is 10.0 Å². The number of nitro groups is 1. The van der Waals surface area contributed by atoms with Crippen LogP contribution in [0.1, 0.15) is 24.9 Å². The molecule has 1 unspecified atom stereocenters. The highest BCUT2D eigenvalue weighted by atomic mass is 16.6. The number of benzene rings is 1. The normalized spacial score (nSPS) is 20.7. The summed E-state index contributed by atoms with van der Waals surface area (Å²) in [6.45, 7) is 5.68. The summed E-state index contributed by atoms with van der Waals surface area (Å²) in [6, 6.07) is 4.83. The molecule has 0 bridgehead atoms. The number of hydrogen-bond acceptors (Lipinski definition) is 6. The van der Waals surface area contributed by atoms with Crippen molar-refractivity contribution in [2.45, 2.75) is 19.4 Å². The molecule has 1 N–H and O–H groups in total. The number of hydrogen-bond donors (Lipinski definition) is 1. The van der Waals surface area contributed by atoms with Crippen molar-refractivity contribution >= 4 is 17.4 Å². The largest absolute Gasteiger partial charge is 0.868 e. The quantitative estimate of drug-likeness (QED) is 0.472. The Labute approximate surface area is 162 Å². The Hall–Kier alpha value is -2.78. The Morgan fingerprint density at radius 3 is 2.50 bits per heavy atom. The maximum absolute atomic E-state index is 12.5. The Kier molecular flexibility index (Phi) is 6.05. The molecule has 0 aliphatic carbocycles. The minimum atomic E-state index is -0.794. The minimum Gasteiger partial charge on any atom is -0.868 e. The zero-order valence-corrected chi connectivity index (χ0v) is 15.7. The van der Waals surface area contributed by atoms with Crippen molar-refractivity contribution in [3.8, 4) is 0 Å². The smallest absolute Gasteiger partial charge is 0.269 e. The van der Waals surface area contributed by atoms with Gasteiger partial charge in [-0.25, -0.2) is 0 Å². The number of nitrogens with zero attached hydrogens (tertiary/aromatic N) is 2. The van der Waals surface area contributed by atoms with Crippen molar-refractivity contribution in [3.63, 3.8) is 0 Å². The number of ether oxygens (including phenoxy) is 1. The fourth-order valence-electron chi connectivity index (χ4n) is 3.76. The van der Waals surface area contributed by atoms with Gasteiger partial charge in [-0.05, 0) is 30.4 Å². The van der Waals surface area contributed by atoms with Gasteiger partial charge in [0.1, 0.15) is 13.1 Å². The highest BCUT2D eigenvalue weighted by Crippen LogP contribution is 2.37. The number of Topliss-reactive ketones (excluding diaryl/α,β-unsaturated/α-hetero) is 1. The maximum atomic E-state index is 12.5. The first kappa shape index (κ1) is 20.0. The lowest BCUT2D eigenvalue weighted by Crippen LogP contribution is -3.14. The lowest BCUT2D eigenvalue weighted by atomic mass is 9.96. The van der Waals surface area contributed by atoms with Gasteiger partial charge in [0.05, 0.1) is 30.7 Å². The van der Waals surface area contributed by atoms with Crippen LogP contribution in [0.5, 0.6) is 0 Å². The molecule has 1 fully saturated rings. The van der Waals surface area contributed by atoms with Gasteiger partial charge in [0.15, 0.2) is 5.78 Å². The molecule has 1 amide bonds. The van der Waals surface area contributed by atoms with Gasteiger partial charge in [0.2, 0.25) is 5.91 Å². The molecule has 2 heterocycles. The summed E-state index contributed by atoms with van der Waals surface area (Å²) in [5, 5.41) is 23.3. The van der Waals surface area contributed by atoms with Gasteiger partial charge in [-0.15, -0.1) is 0 Å². The Morgan fingerprint density at radius 2 is 1.93 bits per heavy atom. The van der Waals surface area contributed by atoms with Crippen LogP contribution in [0.2, 0.25) is 0 Å². The molecular formula is C19H23N3O6. The highest BCUT2D eigenvalue weighted by Gasteiger charge is 2.37. The molecule has 0 spiro atoms. The van der Waals surface area contributed by atoms with Crippen molar-refractivity contribution in [1.82, 2.24) is 4.90 Å². The maximum Gasteiger partial charge on any atom is 0.269 e. The molecule has 0 saturated carbocycles. The lowest BCUT2D eigenvalue weighted by molar-refractivity contribution is -0.908. The number of nitrogens with one attached hydrogen (secondary N) is 1. The summed E-state index contributed by atoms with van der Waals surface area (Å²) >= 11 is 0. The van der Waals surface area contributed by atoms with E-state index in [-0.39, 0.29) is 11.3 Å². The third-order valence-electron chi connectivity index (χ3n) is 5.21. The summed E-state index contributed by atoms with van der Waals surface area (Å²) in [4.78, 5) is 37.8. The third kappa shape index (κ3) is 4.05. The Balaban J connectivity index is 1.79. The van der Waals surface area contributed by atoms with E-state index < -0.39 is 28.4 Å². The molecule has 1 aromatic rings. The van der Waals surface area contributed by atoms with Crippen LogP contribution in [0.15, 0.2) is 35.6 Å². The second-order valence-corrected chi connectivity index (χ2v) is 7.01. The van der Waals surface area contributed by atoms with Crippen LogP contribution >= 0.6 is 0 Å². The second-order valence-electron chi connectivity index (χ2n) is 7.01. The fourth-order valence-corrected chi connectivity index (χ4v) is 3.76.